The highest BCUT2D eigenvalue weighted by molar-refractivity contribution is 5.88. The molecule has 1 rings (SSSR count). The Balaban J connectivity index is 3.04. The summed E-state index contributed by atoms with van der Waals surface area (Å²) < 4.78 is 4.74. The Hall–Kier alpha value is -1.32. The van der Waals surface area contributed by atoms with Crippen LogP contribution >= 0.6 is 0 Å². The molecular formula is C8H10NO3-. The van der Waals surface area contributed by atoms with E-state index in [9.17, 15) is 9.90 Å². The molecule has 0 aliphatic carbocycles. The third kappa shape index (κ3) is 1.47. The largest absolute Gasteiger partial charge is 0.545 e. The lowest BCUT2D eigenvalue weighted by atomic mass is 10.1. The molecule has 0 fully saturated rings. The summed E-state index contributed by atoms with van der Waals surface area (Å²) in [5.74, 6) is -0.893. The zero-order chi connectivity index (χ0) is 9.14. The first-order chi connectivity index (χ1) is 5.66. The number of rotatable bonds is 3. The lowest BCUT2D eigenvalue weighted by Gasteiger charge is -2.00. The molecule has 66 valence electrons. The second-order valence-corrected chi connectivity index (χ2v) is 2.60. The van der Waals surface area contributed by atoms with E-state index in [4.69, 9.17) is 4.52 Å². The lowest BCUT2D eigenvalue weighted by molar-refractivity contribution is -0.255. The summed E-state index contributed by atoms with van der Waals surface area (Å²) in [5, 5.41) is 14.2. The molecule has 0 atom stereocenters. The fraction of sp³-hybridized carbons (Fsp3) is 0.500. The van der Waals surface area contributed by atoms with Gasteiger partial charge in [-0.25, -0.2) is 0 Å². The van der Waals surface area contributed by atoms with Crippen LogP contribution in [0.2, 0.25) is 0 Å². The number of hydrogen-bond donors (Lipinski definition) is 0. The molecule has 1 aromatic rings. The zero-order valence-corrected chi connectivity index (χ0v) is 7.09. The van der Waals surface area contributed by atoms with Gasteiger partial charge < -0.3 is 14.4 Å². The average Bonchev–Trinajstić information content (AvgIpc) is 2.32. The zero-order valence-electron chi connectivity index (χ0n) is 7.09. The van der Waals surface area contributed by atoms with Gasteiger partial charge in [0.25, 0.3) is 0 Å². The molecule has 0 bridgehead atoms. The number of aromatic carboxylic acids is 1. The topological polar surface area (TPSA) is 66.2 Å². The van der Waals surface area contributed by atoms with E-state index in [1.165, 1.54) is 0 Å². The van der Waals surface area contributed by atoms with Crippen molar-refractivity contribution < 1.29 is 14.4 Å². The van der Waals surface area contributed by atoms with Gasteiger partial charge in [-0.15, -0.1) is 0 Å². The van der Waals surface area contributed by atoms with Crippen LogP contribution in [0.5, 0.6) is 0 Å². The van der Waals surface area contributed by atoms with Crippen LogP contribution < -0.4 is 5.11 Å². The molecular weight excluding hydrogens is 158 g/mol. The maximum Gasteiger partial charge on any atom is 0.142 e. The molecule has 0 saturated heterocycles. The van der Waals surface area contributed by atoms with Gasteiger partial charge in [-0.1, -0.05) is 18.5 Å². The summed E-state index contributed by atoms with van der Waals surface area (Å²) in [5.41, 5.74) is 0.590. The Labute approximate surface area is 70.2 Å². The monoisotopic (exact) mass is 168 g/mol. The molecule has 0 N–H and O–H groups in total. The Morgan fingerprint density at radius 3 is 2.83 bits per heavy atom. The van der Waals surface area contributed by atoms with Gasteiger partial charge in [0, 0.05) is 0 Å². The number of aryl methyl sites for hydroxylation is 2. The summed E-state index contributed by atoms with van der Waals surface area (Å²) in [6.45, 7) is 3.51. The first kappa shape index (κ1) is 8.77. The molecule has 0 aliphatic heterocycles. The van der Waals surface area contributed by atoms with Gasteiger partial charge in [0.05, 0.1) is 17.2 Å². The number of nitrogens with zero attached hydrogens (tertiary/aromatic N) is 1. The summed E-state index contributed by atoms with van der Waals surface area (Å²) in [7, 11) is 0. The first-order valence-electron chi connectivity index (χ1n) is 3.83. The molecule has 1 aromatic heterocycles. The van der Waals surface area contributed by atoms with Crippen molar-refractivity contribution in [1.82, 2.24) is 5.16 Å². The third-order valence-electron chi connectivity index (χ3n) is 1.62. The van der Waals surface area contributed by atoms with E-state index in [2.05, 4.69) is 5.16 Å². The molecule has 0 saturated carbocycles. The molecule has 0 aromatic carbocycles. The third-order valence-corrected chi connectivity index (χ3v) is 1.62. The van der Waals surface area contributed by atoms with E-state index < -0.39 is 5.97 Å². The van der Waals surface area contributed by atoms with Gasteiger partial charge in [0.1, 0.15) is 5.76 Å². The van der Waals surface area contributed by atoms with Crippen LogP contribution in [0, 0.1) is 6.92 Å². The van der Waals surface area contributed by atoms with Gasteiger partial charge in [0.2, 0.25) is 0 Å². The lowest BCUT2D eigenvalue weighted by Crippen LogP contribution is -2.23. The molecule has 1 heterocycles. The fourth-order valence-corrected chi connectivity index (χ4v) is 1.09. The predicted molar refractivity (Wildman–Crippen MR) is 39.6 cm³/mol. The minimum Gasteiger partial charge on any atom is -0.545 e. The van der Waals surface area contributed by atoms with Crippen LogP contribution in [0.4, 0.5) is 0 Å². The van der Waals surface area contributed by atoms with Crippen LogP contribution in [0.15, 0.2) is 4.52 Å². The average molecular weight is 168 g/mol. The number of hydrogen-bond acceptors (Lipinski definition) is 4. The quantitative estimate of drug-likeness (QED) is 0.651. The van der Waals surface area contributed by atoms with Crippen LogP contribution in [0.3, 0.4) is 0 Å². The highest BCUT2D eigenvalue weighted by Crippen LogP contribution is 2.13. The minimum atomic E-state index is -1.21. The standard InChI is InChI=1S/C8H11NO3/c1-3-4-6-7(8(10)11)5(2)12-9-6/h3-4H2,1-2H3,(H,10,11)/p-1. The van der Waals surface area contributed by atoms with Crippen molar-refractivity contribution >= 4 is 5.97 Å². The van der Waals surface area contributed by atoms with E-state index >= 15 is 0 Å². The Bertz CT molecular complexity index is 290. The van der Waals surface area contributed by atoms with Crippen molar-refractivity contribution in [1.29, 1.82) is 0 Å². The van der Waals surface area contributed by atoms with E-state index in [1.807, 2.05) is 6.92 Å². The molecule has 0 spiro atoms. The summed E-state index contributed by atoms with van der Waals surface area (Å²) >= 11 is 0. The van der Waals surface area contributed by atoms with E-state index in [1.54, 1.807) is 6.92 Å². The fourth-order valence-electron chi connectivity index (χ4n) is 1.09. The minimum absolute atomic E-state index is 0.108. The van der Waals surface area contributed by atoms with Crippen molar-refractivity contribution in [2.75, 3.05) is 0 Å². The van der Waals surface area contributed by atoms with E-state index in [-0.39, 0.29) is 5.56 Å². The molecule has 0 amide bonds. The van der Waals surface area contributed by atoms with Crippen molar-refractivity contribution in [3.05, 3.63) is 17.0 Å². The van der Waals surface area contributed by atoms with Gasteiger partial charge in [-0.2, -0.15) is 0 Å². The number of carboxylic acid groups (broad SMARTS) is 1. The van der Waals surface area contributed by atoms with E-state index in [0.717, 1.165) is 6.42 Å². The van der Waals surface area contributed by atoms with Gasteiger partial charge in [-0.3, -0.25) is 0 Å². The second kappa shape index (κ2) is 3.38. The number of carbonyl (C=O) groups is 1. The van der Waals surface area contributed by atoms with Crippen molar-refractivity contribution in [2.45, 2.75) is 26.7 Å². The summed E-state index contributed by atoms with van der Waals surface area (Å²) in [6, 6.07) is 0. The van der Waals surface area contributed by atoms with Crippen molar-refractivity contribution in [2.24, 2.45) is 0 Å². The molecule has 4 nitrogen and oxygen atoms in total. The van der Waals surface area contributed by atoms with Crippen molar-refractivity contribution in [3.63, 3.8) is 0 Å². The van der Waals surface area contributed by atoms with Crippen molar-refractivity contribution in [3.8, 4) is 0 Å². The predicted octanol–water partition coefficient (Wildman–Crippen LogP) is 0.299. The van der Waals surface area contributed by atoms with Gasteiger partial charge in [0.15, 0.2) is 0 Å². The normalized spacial score (nSPS) is 10.2. The maximum atomic E-state index is 10.6. The maximum absolute atomic E-state index is 10.6. The molecule has 4 heteroatoms. The van der Waals surface area contributed by atoms with Crippen LogP contribution in [0.25, 0.3) is 0 Å². The summed E-state index contributed by atoms with van der Waals surface area (Å²) in [4.78, 5) is 10.6. The molecule has 0 unspecified atom stereocenters. The highest BCUT2D eigenvalue weighted by Gasteiger charge is 2.11. The Morgan fingerprint density at radius 1 is 1.67 bits per heavy atom. The molecule has 0 aliphatic rings. The van der Waals surface area contributed by atoms with Crippen LogP contribution in [-0.2, 0) is 6.42 Å². The van der Waals surface area contributed by atoms with Gasteiger partial charge >= 0.3 is 0 Å². The Morgan fingerprint density at radius 2 is 2.33 bits per heavy atom. The number of carbonyl (C=O) groups excluding carboxylic acids is 1. The Kier molecular flexibility index (Phi) is 2.47. The second-order valence-electron chi connectivity index (χ2n) is 2.60. The first-order valence-corrected chi connectivity index (χ1v) is 3.83. The van der Waals surface area contributed by atoms with Gasteiger partial charge in [-0.05, 0) is 13.3 Å². The highest BCUT2D eigenvalue weighted by atomic mass is 16.5. The van der Waals surface area contributed by atoms with E-state index in [0.29, 0.717) is 17.9 Å². The van der Waals surface area contributed by atoms with Crippen LogP contribution in [-0.4, -0.2) is 11.1 Å². The molecule has 0 radical (unpaired) electrons. The number of aromatic nitrogens is 1. The summed E-state index contributed by atoms with van der Waals surface area (Å²) in [6.07, 6.45) is 1.45. The SMILES string of the molecule is CCCc1noc(C)c1C(=O)[O-]. The number of carboxylic acids is 1. The smallest absolute Gasteiger partial charge is 0.142 e. The molecule has 12 heavy (non-hydrogen) atoms. The van der Waals surface area contributed by atoms with Crippen LogP contribution in [0.1, 0.15) is 35.2 Å².